The average Bonchev–Trinajstić information content (AvgIpc) is 2.74. The van der Waals surface area contributed by atoms with E-state index in [9.17, 15) is 19.8 Å². The SMILES string of the molecule is CC1CCN(C(=O)c2ccc(O)c(Cl)c2)C1C(=O)O. The van der Waals surface area contributed by atoms with E-state index < -0.39 is 12.0 Å². The second-order valence-electron chi connectivity index (χ2n) is 4.71. The van der Waals surface area contributed by atoms with Gasteiger partial charge in [0.25, 0.3) is 5.91 Å². The highest BCUT2D eigenvalue weighted by Gasteiger charge is 2.39. The molecule has 0 spiro atoms. The molecule has 1 fully saturated rings. The van der Waals surface area contributed by atoms with Crippen molar-refractivity contribution < 1.29 is 19.8 Å². The Hall–Kier alpha value is -1.75. The summed E-state index contributed by atoms with van der Waals surface area (Å²) in [6.45, 7) is 2.23. The van der Waals surface area contributed by atoms with Crippen molar-refractivity contribution in [3.63, 3.8) is 0 Å². The molecule has 0 aromatic heterocycles. The van der Waals surface area contributed by atoms with Crippen LogP contribution in [0.1, 0.15) is 23.7 Å². The molecule has 19 heavy (non-hydrogen) atoms. The van der Waals surface area contributed by atoms with Gasteiger partial charge in [-0.1, -0.05) is 18.5 Å². The van der Waals surface area contributed by atoms with Crippen LogP contribution in [-0.2, 0) is 4.79 Å². The molecule has 1 aromatic rings. The maximum atomic E-state index is 12.3. The van der Waals surface area contributed by atoms with Crippen molar-refractivity contribution in [2.75, 3.05) is 6.54 Å². The topological polar surface area (TPSA) is 77.8 Å². The Bertz CT molecular complexity index is 531. The first-order valence-electron chi connectivity index (χ1n) is 5.94. The summed E-state index contributed by atoms with van der Waals surface area (Å²) in [5.74, 6) is -1.56. The van der Waals surface area contributed by atoms with E-state index in [1.165, 1.54) is 23.1 Å². The highest BCUT2D eigenvalue weighted by molar-refractivity contribution is 6.32. The Morgan fingerprint density at radius 1 is 1.42 bits per heavy atom. The van der Waals surface area contributed by atoms with E-state index in [4.69, 9.17) is 11.6 Å². The van der Waals surface area contributed by atoms with Crippen LogP contribution in [0, 0.1) is 5.92 Å². The summed E-state index contributed by atoms with van der Waals surface area (Å²) in [4.78, 5) is 24.9. The Balaban J connectivity index is 2.28. The molecule has 102 valence electrons. The minimum Gasteiger partial charge on any atom is -0.506 e. The zero-order valence-corrected chi connectivity index (χ0v) is 11.1. The third-order valence-electron chi connectivity index (χ3n) is 3.41. The molecule has 1 aliphatic rings. The molecule has 2 atom stereocenters. The Morgan fingerprint density at radius 3 is 2.68 bits per heavy atom. The molecule has 1 aliphatic heterocycles. The number of phenols is 1. The number of benzene rings is 1. The molecule has 2 rings (SSSR count). The number of carboxylic acids is 1. The summed E-state index contributed by atoms with van der Waals surface area (Å²) >= 11 is 5.76. The van der Waals surface area contributed by atoms with Crippen LogP contribution in [0.2, 0.25) is 5.02 Å². The molecule has 2 N–H and O–H groups in total. The van der Waals surface area contributed by atoms with Crippen LogP contribution >= 0.6 is 11.6 Å². The Labute approximate surface area is 115 Å². The van der Waals surface area contributed by atoms with Crippen molar-refractivity contribution in [3.8, 4) is 5.75 Å². The number of aliphatic carboxylic acids is 1. The fourth-order valence-corrected chi connectivity index (χ4v) is 2.54. The van der Waals surface area contributed by atoms with E-state index in [1.54, 1.807) is 0 Å². The molecular formula is C13H14ClNO4. The molecule has 2 unspecified atom stereocenters. The lowest BCUT2D eigenvalue weighted by Gasteiger charge is -2.23. The van der Waals surface area contributed by atoms with Gasteiger partial charge in [0, 0.05) is 12.1 Å². The molecule has 0 aliphatic carbocycles. The van der Waals surface area contributed by atoms with Gasteiger partial charge in [-0.15, -0.1) is 0 Å². The summed E-state index contributed by atoms with van der Waals surface area (Å²) in [5, 5.41) is 18.6. The van der Waals surface area contributed by atoms with Gasteiger partial charge in [-0.2, -0.15) is 0 Å². The monoisotopic (exact) mass is 283 g/mol. The zero-order chi connectivity index (χ0) is 14.2. The summed E-state index contributed by atoms with van der Waals surface area (Å²) in [5.41, 5.74) is 0.281. The van der Waals surface area contributed by atoms with Crippen LogP contribution < -0.4 is 0 Å². The molecule has 1 heterocycles. The minimum atomic E-state index is -0.997. The molecule has 0 radical (unpaired) electrons. The van der Waals surface area contributed by atoms with Crippen LogP contribution in [0.25, 0.3) is 0 Å². The van der Waals surface area contributed by atoms with Gasteiger partial charge in [-0.25, -0.2) is 4.79 Å². The van der Waals surface area contributed by atoms with Crippen LogP contribution in [0.4, 0.5) is 0 Å². The van der Waals surface area contributed by atoms with Crippen LogP contribution in [-0.4, -0.2) is 39.6 Å². The predicted molar refractivity (Wildman–Crippen MR) is 69.4 cm³/mol. The number of rotatable bonds is 2. The van der Waals surface area contributed by atoms with Crippen molar-refractivity contribution in [1.29, 1.82) is 0 Å². The van der Waals surface area contributed by atoms with Crippen molar-refractivity contribution in [2.24, 2.45) is 5.92 Å². The lowest BCUT2D eigenvalue weighted by molar-refractivity contribution is -0.142. The number of carbonyl (C=O) groups is 2. The maximum absolute atomic E-state index is 12.3. The number of amides is 1. The van der Waals surface area contributed by atoms with E-state index >= 15 is 0 Å². The molecular weight excluding hydrogens is 270 g/mol. The van der Waals surface area contributed by atoms with Crippen molar-refractivity contribution in [2.45, 2.75) is 19.4 Å². The lowest BCUT2D eigenvalue weighted by atomic mass is 10.0. The van der Waals surface area contributed by atoms with E-state index in [1.807, 2.05) is 6.92 Å². The first-order chi connectivity index (χ1) is 8.91. The number of carbonyl (C=O) groups excluding carboxylic acids is 1. The normalized spacial score (nSPS) is 22.5. The number of nitrogens with zero attached hydrogens (tertiary/aromatic N) is 1. The van der Waals surface area contributed by atoms with Gasteiger partial charge in [-0.3, -0.25) is 4.79 Å². The van der Waals surface area contributed by atoms with Gasteiger partial charge in [0.1, 0.15) is 11.8 Å². The summed E-state index contributed by atoms with van der Waals surface area (Å²) in [7, 11) is 0. The second-order valence-corrected chi connectivity index (χ2v) is 5.12. The van der Waals surface area contributed by atoms with E-state index in [2.05, 4.69) is 0 Å². The first-order valence-corrected chi connectivity index (χ1v) is 6.32. The number of halogens is 1. The summed E-state index contributed by atoms with van der Waals surface area (Å²) < 4.78 is 0. The predicted octanol–water partition coefficient (Wildman–Crippen LogP) is 1.98. The fraction of sp³-hybridized carbons (Fsp3) is 0.385. The standard InChI is InChI=1S/C13H14ClNO4/c1-7-4-5-15(11(7)13(18)19)12(17)8-2-3-10(16)9(14)6-8/h2-3,6-7,11,16H,4-5H2,1H3,(H,18,19). The summed E-state index contributed by atoms with van der Waals surface area (Å²) in [6.07, 6.45) is 0.661. The van der Waals surface area contributed by atoms with Gasteiger partial charge >= 0.3 is 5.97 Å². The maximum Gasteiger partial charge on any atom is 0.326 e. The second kappa shape index (κ2) is 5.09. The quantitative estimate of drug-likeness (QED) is 0.870. The molecule has 1 saturated heterocycles. The van der Waals surface area contributed by atoms with E-state index in [0.717, 1.165) is 0 Å². The van der Waals surface area contributed by atoms with Gasteiger partial charge in [0.15, 0.2) is 0 Å². The van der Waals surface area contributed by atoms with Crippen LogP contribution in [0.3, 0.4) is 0 Å². The van der Waals surface area contributed by atoms with E-state index in [-0.39, 0.29) is 28.2 Å². The first kappa shape index (κ1) is 13.7. The highest BCUT2D eigenvalue weighted by atomic mass is 35.5. The average molecular weight is 284 g/mol. The van der Waals surface area contributed by atoms with Crippen molar-refractivity contribution >= 4 is 23.5 Å². The Kier molecular flexibility index (Phi) is 3.66. The van der Waals surface area contributed by atoms with Crippen molar-refractivity contribution in [3.05, 3.63) is 28.8 Å². The highest BCUT2D eigenvalue weighted by Crippen LogP contribution is 2.28. The number of aromatic hydroxyl groups is 1. The molecule has 6 heteroatoms. The van der Waals surface area contributed by atoms with Gasteiger partial charge in [0.05, 0.1) is 5.02 Å². The number of phenolic OH excluding ortho intramolecular Hbond substituents is 1. The number of likely N-dealkylation sites (tertiary alicyclic amines) is 1. The molecule has 0 bridgehead atoms. The summed E-state index contributed by atoms with van der Waals surface area (Å²) in [6, 6.07) is 3.30. The van der Waals surface area contributed by atoms with Crippen LogP contribution in [0.5, 0.6) is 5.75 Å². The molecule has 5 nitrogen and oxygen atoms in total. The van der Waals surface area contributed by atoms with Gasteiger partial charge < -0.3 is 15.1 Å². The number of carboxylic acid groups (broad SMARTS) is 1. The lowest BCUT2D eigenvalue weighted by Crippen LogP contribution is -2.42. The largest absolute Gasteiger partial charge is 0.506 e. The number of hydrogen-bond donors (Lipinski definition) is 2. The molecule has 1 amide bonds. The number of hydrogen-bond acceptors (Lipinski definition) is 3. The third-order valence-corrected chi connectivity index (χ3v) is 3.71. The van der Waals surface area contributed by atoms with Gasteiger partial charge in [0.2, 0.25) is 0 Å². The molecule has 1 aromatic carbocycles. The Morgan fingerprint density at radius 2 is 2.11 bits per heavy atom. The van der Waals surface area contributed by atoms with Crippen molar-refractivity contribution in [1.82, 2.24) is 4.90 Å². The van der Waals surface area contributed by atoms with E-state index in [0.29, 0.717) is 13.0 Å². The fourth-order valence-electron chi connectivity index (χ4n) is 2.36. The van der Waals surface area contributed by atoms with Crippen LogP contribution in [0.15, 0.2) is 18.2 Å². The zero-order valence-electron chi connectivity index (χ0n) is 10.3. The molecule has 0 saturated carbocycles. The smallest absolute Gasteiger partial charge is 0.326 e. The minimum absolute atomic E-state index is 0.0740. The third kappa shape index (κ3) is 2.51. The van der Waals surface area contributed by atoms with Gasteiger partial charge in [-0.05, 0) is 30.5 Å².